The molecule has 0 unspecified atom stereocenters. The minimum absolute atomic E-state index is 0. The molecule has 1 atom stereocenters. The van der Waals surface area contributed by atoms with Gasteiger partial charge in [0.05, 0.1) is 6.04 Å². The van der Waals surface area contributed by atoms with Gasteiger partial charge in [-0.2, -0.15) is 0 Å². The number of hydrogen-bond donors (Lipinski definition) is 1. The maximum atomic E-state index is 11.9. The lowest BCUT2D eigenvalue weighted by Gasteiger charge is -2.16. The lowest BCUT2D eigenvalue weighted by atomic mass is 10.2. The number of ether oxygens (including phenoxy) is 1. The number of rotatable bonds is 4. The quantitative estimate of drug-likeness (QED) is 0.943. The van der Waals surface area contributed by atoms with Crippen molar-refractivity contribution in [3.63, 3.8) is 0 Å². The molecule has 0 spiro atoms. The molecule has 22 heavy (non-hydrogen) atoms. The summed E-state index contributed by atoms with van der Waals surface area (Å²) in [6.45, 7) is 1.22. The Morgan fingerprint density at radius 2 is 1.77 bits per heavy atom. The minimum Gasteiger partial charge on any atom is -0.489 e. The van der Waals surface area contributed by atoms with Crippen LogP contribution in [0.25, 0.3) is 0 Å². The van der Waals surface area contributed by atoms with Gasteiger partial charge in [0.1, 0.15) is 12.4 Å². The van der Waals surface area contributed by atoms with Crippen LogP contribution in [0.15, 0.2) is 54.6 Å². The van der Waals surface area contributed by atoms with Gasteiger partial charge in [-0.1, -0.05) is 30.3 Å². The first-order valence-electron chi connectivity index (χ1n) is 7.08. The number of nitrogens with two attached hydrogens (primary N) is 1. The van der Waals surface area contributed by atoms with E-state index in [0.29, 0.717) is 19.6 Å². The highest BCUT2D eigenvalue weighted by molar-refractivity contribution is 5.99. The maximum absolute atomic E-state index is 11.9. The Morgan fingerprint density at radius 3 is 2.36 bits per heavy atom. The van der Waals surface area contributed by atoms with E-state index < -0.39 is 0 Å². The summed E-state index contributed by atoms with van der Waals surface area (Å²) in [5.41, 5.74) is 7.73. The van der Waals surface area contributed by atoms with Crippen molar-refractivity contribution in [3.8, 4) is 5.75 Å². The van der Waals surface area contributed by atoms with Crippen LogP contribution in [-0.4, -0.2) is 18.5 Å². The molecule has 5 heteroatoms. The van der Waals surface area contributed by atoms with E-state index in [-0.39, 0.29) is 24.4 Å². The summed E-state index contributed by atoms with van der Waals surface area (Å²) in [6.07, 6.45) is 0.713. The van der Waals surface area contributed by atoms with Crippen LogP contribution in [0.1, 0.15) is 12.0 Å². The molecular weight excluding hydrogens is 300 g/mol. The molecule has 2 aromatic rings. The third-order valence-electron chi connectivity index (χ3n) is 3.64. The third kappa shape index (κ3) is 3.59. The van der Waals surface area contributed by atoms with Gasteiger partial charge in [0.25, 0.3) is 0 Å². The molecule has 0 saturated carbocycles. The second kappa shape index (κ2) is 7.29. The summed E-state index contributed by atoms with van der Waals surface area (Å²) in [4.78, 5) is 13.6. The molecule has 2 N–H and O–H groups in total. The van der Waals surface area contributed by atoms with Crippen molar-refractivity contribution in [1.29, 1.82) is 0 Å². The number of carbonyl (C=O) groups is 1. The van der Waals surface area contributed by atoms with Crippen molar-refractivity contribution >= 4 is 24.0 Å². The molecule has 1 fully saturated rings. The van der Waals surface area contributed by atoms with E-state index in [0.717, 1.165) is 17.0 Å². The van der Waals surface area contributed by atoms with Crippen LogP contribution in [0.2, 0.25) is 0 Å². The predicted molar refractivity (Wildman–Crippen MR) is 89.4 cm³/mol. The van der Waals surface area contributed by atoms with Gasteiger partial charge in [-0.15, -0.1) is 12.4 Å². The second-order valence-electron chi connectivity index (χ2n) is 5.15. The summed E-state index contributed by atoms with van der Waals surface area (Å²) in [5.74, 6) is 0.784. The Hall–Kier alpha value is -2.04. The number of benzene rings is 2. The summed E-state index contributed by atoms with van der Waals surface area (Å²) in [7, 11) is 0. The first kappa shape index (κ1) is 16.3. The van der Waals surface area contributed by atoms with E-state index in [1.807, 2.05) is 54.6 Å². The SMILES string of the molecule is Cl.N[C@H]1CCN(c2ccc(OCc3ccccc3)cc2)C1=O. The zero-order chi connectivity index (χ0) is 14.7. The predicted octanol–water partition coefficient (Wildman–Crippen LogP) is 2.75. The Bertz CT molecular complexity index is 616. The van der Waals surface area contributed by atoms with Crippen LogP contribution in [0.3, 0.4) is 0 Å². The van der Waals surface area contributed by atoms with E-state index in [1.165, 1.54) is 0 Å². The first-order chi connectivity index (χ1) is 10.2. The average molecular weight is 319 g/mol. The standard InChI is InChI=1S/C17H18N2O2.ClH/c18-16-10-11-19(17(16)20)14-6-8-15(9-7-14)21-12-13-4-2-1-3-5-13;/h1-9,16H,10-12,18H2;1H/t16-;/m0./s1. The summed E-state index contributed by atoms with van der Waals surface area (Å²) in [5, 5.41) is 0. The molecule has 0 aromatic heterocycles. The molecule has 1 aliphatic rings. The van der Waals surface area contributed by atoms with E-state index in [1.54, 1.807) is 4.90 Å². The Labute approximate surface area is 136 Å². The van der Waals surface area contributed by atoms with Gasteiger partial charge in [-0.25, -0.2) is 0 Å². The third-order valence-corrected chi connectivity index (χ3v) is 3.64. The fourth-order valence-electron chi connectivity index (χ4n) is 2.42. The Balaban J connectivity index is 0.00000176. The Kier molecular flexibility index (Phi) is 5.41. The molecule has 116 valence electrons. The summed E-state index contributed by atoms with van der Waals surface area (Å²) in [6, 6.07) is 17.2. The molecule has 1 saturated heterocycles. The number of amides is 1. The Morgan fingerprint density at radius 1 is 1.09 bits per heavy atom. The molecule has 3 rings (SSSR count). The zero-order valence-corrected chi connectivity index (χ0v) is 13.0. The zero-order valence-electron chi connectivity index (χ0n) is 12.1. The molecule has 0 bridgehead atoms. The topological polar surface area (TPSA) is 55.6 Å². The molecule has 1 heterocycles. The molecular formula is C17H19ClN2O2. The minimum atomic E-state index is -0.362. The van der Waals surface area contributed by atoms with E-state index in [4.69, 9.17) is 10.5 Å². The fraction of sp³-hybridized carbons (Fsp3) is 0.235. The number of nitrogens with zero attached hydrogens (tertiary/aromatic N) is 1. The molecule has 1 aliphatic heterocycles. The van der Waals surface area contributed by atoms with Gasteiger partial charge in [-0.3, -0.25) is 4.79 Å². The van der Waals surface area contributed by atoms with Gasteiger partial charge >= 0.3 is 0 Å². The van der Waals surface area contributed by atoms with Gasteiger partial charge < -0.3 is 15.4 Å². The lowest BCUT2D eigenvalue weighted by Crippen LogP contribution is -2.33. The van der Waals surface area contributed by atoms with Crippen molar-refractivity contribution in [2.75, 3.05) is 11.4 Å². The smallest absolute Gasteiger partial charge is 0.243 e. The normalized spacial score (nSPS) is 17.2. The van der Waals surface area contributed by atoms with E-state index in [2.05, 4.69) is 0 Å². The van der Waals surface area contributed by atoms with Crippen LogP contribution < -0.4 is 15.4 Å². The van der Waals surface area contributed by atoms with Crippen molar-refractivity contribution in [2.24, 2.45) is 5.73 Å². The van der Waals surface area contributed by atoms with Gasteiger partial charge in [0, 0.05) is 12.2 Å². The number of carbonyl (C=O) groups excluding carboxylic acids is 1. The van der Waals surface area contributed by atoms with Crippen LogP contribution in [0.4, 0.5) is 5.69 Å². The van der Waals surface area contributed by atoms with Crippen molar-refractivity contribution < 1.29 is 9.53 Å². The van der Waals surface area contributed by atoms with Crippen molar-refractivity contribution in [2.45, 2.75) is 19.1 Å². The largest absolute Gasteiger partial charge is 0.489 e. The molecule has 4 nitrogen and oxygen atoms in total. The maximum Gasteiger partial charge on any atom is 0.243 e. The summed E-state index contributed by atoms with van der Waals surface area (Å²) >= 11 is 0. The first-order valence-corrected chi connectivity index (χ1v) is 7.08. The van der Waals surface area contributed by atoms with Gasteiger partial charge in [0.2, 0.25) is 5.91 Å². The van der Waals surface area contributed by atoms with Crippen LogP contribution >= 0.6 is 12.4 Å². The van der Waals surface area contributed by atoms with Crippen LogP contribution in [0, 0.1) is 0 Å². The number of hydrogen-bond acceptors (Lipinski definition) is 3. The highest BCUT2D eigenvalue weighted by atomic mass is 35.5. The highest BCUT2D eigenvalue weighted by Crippen LogP contribution is 2.24. The van der Waals surface area contributed by atoms with E-state index in [9.17, 15) is 4.79 Å². The average Bonchev–Trinajstić information content (AvgIpc) is 2.87. The lowest BCUT2D eigenvalue weighted by molar-refractivity contribution is -0.118. The van der Waals surface area contributed by atoms with Gasteiger partial charge in [0.15, 0.2) is 0 Å². The number of anilines is 1. The molecule has 2 aromatic carbocycles. The van der Waals surface area contributed by atoms with Gasteiger partial charge in [-0.05, 0) is 36.2 Å². The fourth-order valence-corrected chi connectivity index (χ4v) is 2.42. The van der Waals surface area contributed by atoms with E-state index >= 15 is 0 Å². The van der Waals surface area contributed by atoms with Crippen molar-refractivity contribution in [1.82, 2.24) is 0 Å². The monoisotopic (exact) mass is 318 g/mol. The molecule has 0 radical (unpaired) electrons. The molecule has 0 aliphatic carbocycles. The number of halogens is 1. The molecule has 1 amide bonds. The van der Waals surface area contributed by atoms with Crippen LogP contribution in [-0.2, 0) is 11.4 Å². The van der Waals surface area contributed by atoms with Crippen LogP contribution in [0.5, 0.6) is 5.75 Å². The van der Waals surface area contributed by atoms with Crippen molar-refractivity contribution in [3.05, 3.63) is 60.2 Å². The second-order valence-corrected chi connectivity index (χ2v) is 5.15. The highest BCUT2D eigenvalue weighted by Gasteiger charge is 2.29. The summed E-state index contributed by atoms with van der Waals surface area (Å²) < 4.78 is 5.73.